The molecule has 0 atom stereocenters. The molecule has 1 aromatic heterocycles. The summed E-state index contributed by atoms with van der Waals surface area (Å²) in [6.45, 7) is 2.08. The molecule has 1 heterocycles. The van der Waals surface area contributed by atoms with Gasteiger partial charge in [-0.25, -0.2) is 4.79 Å². The highest BCUT2D eigenvalue weighted by Crippen LogP contribution is 2.19. The standard InChI is InChI=1S/C13H13N3O5/c1-2-20-12(17)10-8-21-13(15-10)14-7-9-5-3-4-6-11(9)16(18)19/h3-6,8H,2,7H2,1H3,(H,14,15). The van der Waals surface area contributed by atoms with Gasteiger partial charge in [-0.1, -0.05) is 18.2 Å². The number of carbonyl (C=O) groups is 1. The zero-order valence-electron chi connectivity index (χ0n) is 11.2. The molecule has 8 heteroatoms. The van der Waals surface area contributed by atoms with Gasteiger partial charge in [0.25, 0.3) is 11.7 Å². The molecule has 0 spiro atoms. The van der Waals surface area contributed by atoms with Crippen molar-refractivity contribution in [3.05, 3.63) is 51.9 Å². The summed E-state index contributed by atoms with van der Waals surface area (Å²) in [6.07, 6.45) is 1.17. The first-order valence-electron chi connectivity index (χ1n) is 6.20. The van der Waals surface area contributed by atoms with Gasteiger partial charge in [-0.05, 0) is 6.92 Å². The summed E-state index contributed by atoms with van der Waals surface area (Å²) in [4.78, 5) is 25.7. The fraction of sp³-hybridized carbons (Fsp3) is 0.231. The van der Waals surface area contributed by atoms with Crippen LogP contribution in [-0.4, -0.2) is 22.5 Å². The summed E-state index contributed by atoms with van der Waals surface area (Å²) < 4.78 is 9.84. The number of nitrogens with one attached hydrogen (secondary N) is 1. The number of hydrogen-bond donors (Lipinski definition) is 1. The zero-order valence-corrected chi connectivity index (χ0v) is 11.2. The topological polar surface area (TPSA) is 108 Å². The van der Waals surface area contributed by atoms with Crippen LogP contribution in [0.25, 0.3) is 0 Å². The Kier molecular flexibility index (Phi) is 4.50. The van der Waals surface area contributed by atoms with E-state index in [0.29, 0.717) is 5.56 Å². The van der Waals surface area contributed by atoms with E-state index in [2.05, 4.69) is 10.3 Å². The largest absolute Gasteiger partial charge is 0.461 e. The van der Waals surface area contributed by atoms with Gasteiger partial charge in [-0.3, -0.25) is 10.1 Å². The molecule has 0 amide bonds. The van der Waals surface area contributed by atoms with Gasteiger partial charge in [-0.15, -0.1) is 0 Å². The number of rotatable bonds is 6. The molecule has 0 saturated carbocycles. The normalized spacial score (nSPS) is 10.1. The highest BCUT2D eigenvalue weighted by molar-refractivity contribution is 5.87. The molecule has 2 aromatic rings. The van der Waals surface area contributed by atoms with Gasteiger partial charge in [0.1, 0.15) is 6.26 Å². The number of oxazole rings is 1. The Bertz CT molecular complexity index is 653. The summed E-state index contributed by atoms with van der Waals surface area (Å²) >= 11 is 0. The summed E-state index contributed by atoms with van der Waals surface area (Å²) in [7, 11) is 0. The van der Waals surface area contributed by atoms with Gasteiger partial charge in [0.15, 0.2) is 5.69 Å². The number of nitro groups is 1. The summed E-state index contributed by atoms with van der Waals surface area (Å²) in [6, 6.07) is 6.42. The van der Waals surface area contributed by atoms with E-state index in [1.165, 1.54) is 12.3 Å². The fourth-order valence-corrected chi connectivity index (χ4v) is 1.66. The second kappa shape index (κ2) is 6.51. The molecule has 0 saturated heterocycles. The molecule has 1 aromatic carbocycles. The molecule has 110 valence electrons. The minimum atomic E-state index is -0.583. The number of hydrogen-bond acceptors (Lipinski definition) is 7. The predicted octanol–water partition coefficient (Wildman–Crippen LogP) is 2.37. The Labute approximate surface area is 119 Å². The van der Waals surface area contributed by atoms with Crippen molar-refractivity contribution in [1.82, 2.24) is 4.98 Å². The van der Waals surface area contributed by atoms with E-state index < -0.39 is 10.9 Å². The summed E-state index contributed by atoms with van der Waals surface area (Å²) in [5.74, 6) is -0.583. The van der Waals surface area contributed by atoms with E-state index in [1.54, 1.807) is 25.1 Å². The number of benzene rings is 1. The molecule has 0 unspecified atom stereocenters. The van der Waals surface area contributed by atoms with Crippen LogP contribution in [0.2, 0.25) is 0 Å². The van der Waals surface area contributed by atoms with E-state index in [1.807, 2.05) is 0 Å². The minimum Gasteiger partial charge on any atom is -0.461 e. The number of ether oxygens (including phenoxy) is 1. The lowest BCUT2D eigenvalue weighted by Crippen LogP contribution is -2.06. The third-order valence-corrected chi connectivity index (χ3v) is 2.61. The molecular formula is C13H13N3O5. The third kappa shape index (κ3) is 3.56. The van der Waals surface area contributed by atoms with Gasteiger partial charge >= 0.3 is 5.97 Å². The minimum absolute atomic E-state index is 0.00201. The number of aromatic nitrogens is 1. The second-order valence-electron chi connectivity index (χ2n) is 4.00. The van der Waals surface area contributed by atoms with Crippen LogP contribution in [0.1, 0.15) is 23.0 Å². The Morgan fingerprint density at radius 1 is 1.48 bits per heavy atom. The number of nitrogens with zero attached hydrogens (tertiary/aromatic N) is 2. The first kappa shape index (κ1) is 14.5. The van der Waals surface area contributed by atoms with Crippen molar-refractivity contribution >= 4 is 17.7 Å². The van der Waals surface area contributed by atoms with Gasteiger partial charge in [0, 0.05) is 11.6 Å². The lowest BCUT2D eigenvalue weighted by molar-refractivity contribution is -0.385. The SMILES string of the molecule is CCOC(=O)c1coc(NCc2ccccc2[N+](=O)[O-])n1. The molecule has 0 aliphatic heterocycles. The van der Waals surface area contributed by atoms with Gasteiger partial charge in [-0.2, -0.15) is 4.98 Å². The molecule has 8 nitrogen and oxygen atoms in total. The third-order valence-electron chi connectivity index (χ3n) is 2.61. The van der Waals surface area contributed by atoms with Crippen LogP contribution in [-0.2, 0) is 11.3 Å². The quantitative estimate of drug-likeness (QED) is 0.494. The lowest BCUT2D eigenvalue weighted by Gasteiger charge is -2.02. The van der Waals surface area contributed by atoms with Crippen LogP contribution in [0.15, 0.2) is 34.9 Å². The highest BCUT2D eigenvalue weighted by Gasteiger charge is 2.15. The van der Waals surface area contributed by atoms with E-state index in [4.69, 9.17) is 9.15 Å². The molecule has 0 aliphatic rings. The molecule has 0 fully saturated rings. The number of para-hydroxylation sites is 1. The molecule has 21 heavy (non-hydrogen) atoms. The van der Waals surface area contributed by atoms with E-state index in [9.17, 15) is 14.9 Å². The van der Waals surface area contributed by atoms with Gasteiger partial charge in [0.2, 0.25) is 0 Å². The van der Waals surface area contributed by atoms with Crippen molar-refractivity contribution in [1.29, 1.82) is 0 Å². The van der Waals surface area contributed by atoms with Crippen LogP contribution in [0, 0.1) is 10.1 Å². The van der Waals surface area contributed by atoms with Crippen LogP contribution >= 0.6 is 0 Å². The average Bonchev–Trinajstić information content (AvgIpc) is 2.94. The van der Waals surface area contributed by atoms with Crippen molar-refractivity contribution < 1.29 is 18.9 Å². The molecule has 2 rings (SSSR count). The Morgan fingerprint density at radius 2 is 2.24 bits per heavy atom. The van der Waals surface area contributed by atoms with Crippen molar-refractivity contribution in [2.24, 2.45) is 0 Å². The lowest BCUT2D eigenvalue weighted by atomic mass is 10.2. The van der Waals surface area contributed by atoms with Crippen LogP contribution in [0.3, 0.4) is 0 Å². The molecular weight excluding hydrogens is 278 g/mol. The first-order chi connectivity index (χ1) is 10.1. The Hall–Kier alpha value is -2.90. The van der Waals surface area contributed by atoms with Crippen molar-refractivity contribution in [2.75, 3.05) is 11.9 Å². The van der Waals surface area contributed by atoms with E-state index in [0.717, 1.165) is 0 Å². The predicted molar refractivity (Wildman–Crippen MR) is 72.9 cm³/mol. The Morgan fingerprint density at radius 3 is 2.95 bits per heavy atom. The number of esters is 1. The fourth-order valence-electron chi connectivity index (χ4n) is 1.66. The highest BCUT2D eigenvalue weighted by atomic mass is 16.6. The van der Waals surface area contributed by atoms with Crippen molar-refractivity contribution in [3.63, 3.8) is 0 Å². The van der Waals surface area contributed by atoms with Crippen molar-refractivity contribution in [2.45, 2.75) is 13.5 Å². The van der Waals surface area contributed by atoms with Crippen molar-refractivity contribution in [3.8, 4) is 0 Å². The van der Waals surface area contributed by atoms with E-state index in [-0.39, 0.29) is 30.5 Å². The Balaban J connectivity index is 2.04. The number of carbonyl (C=O) groups excluding carboxylic acids is 1. The molecule has 0 bridgehead atoms. The number of nitro benzene ring substituents is 1. The van der Waals surface area contributed by atoms with Gasteiger partial charge in [0.05, 0.1) is 18.1 Å². The smallest absolute Gasteiger partial charge is 0.360 e. The van der Waals surface area contributed by atoms with Crippen LogP contribution in [0.5, 0.6) is 0 Å². The maximum Gasteiger partial charge on any atom is 0.360 e. The first-order valence-corrected chi connectivity index (χ1v) is 6.20. The van der Waals surface area contributed by atoms with E-state index >= 15 is 0 Å². The van der Waals surface area contributed by atoms with Crippen LogP contribution in [0.4, 0.5) is 11.7 Å². The molecule has 1 N–H and O–H groups in total. The van der Waals surface area contributed by atoms with Crippen LogP contribution < -0.4 is 5.32 Å². The molecule has 0 aliphatic carbocycles. The molecule has 0 radical (unpaired) electrons. The maximum atomic E-state index is 11.4. The number of anilines is 1. The monoisotopic (exact) mass is 291 g/mol. The second-order valence-corrected chi connectivity index (χ2v) is 4.00. The van der Waals surface area contributed by atoms with Gasteiger partial charge < -0.3 is 14.5 Å². The average molecular weight is 291 g/mol. The zero-order chi connectivity index (χ0) is 15.2. The summed E-state index contributed by atoms with van der Waals surface area (Å²) in [5, 5.41) is 13.7. The maximum absolute atomic E-state index is 11.4. The summed E-state index contributed by atoms with van der Waals surface area (Å²) in [5.41, 5.74) is 0.530.